The van der Waals surface area contributed by atoms with Crippen molar-refractivity contribution in [2.45, 2.75) is 38.8 Å². The van der Waals surface area contributed by atoms with E-state index in [1.807, 2.05) is 43.3 Å². The molecule has 0 radical (unpaired) electrons. The number of sulfonamides is 1. The summed E-state index contributed by atoms with van der Waals surface area (Å²) >= 11 is 0. The molecule has 0 heterocycles. The molecule has 0 aromatic heterocycles. The van der Waals surface area contributed by atoms with Crippen LogP contribution in [0.15, 0.2) is 72.8 Å². The molecule has 0 aliphatic heterocycles. The molecule has 3 rings (SSSR count). The first-order valence-electron chi connectivity index (χ1n) is 14.0. The maximum Gasteiger partial charge on any atom is 0.244 e. The normalized spacial score (nSPS) is 11.7. The highest BCUT2D eigenvalue weighted by Crippen LogP contribution is 2.34. The number of rotatable bonds is 16. The van der Waals surface area contributed by atoms with Gasteiger partial charge in [-0.2, -0.15) is 0 Å². The molecule has 3 aromatic rings. The van der Waals surface area contributed by atoms with Crippen molar-refractivity contribution in [3.8, 4) is 17.2 Å². The molecule has 3 aromatic carbocycles. The molecule has 0 fully saturated rings. The predicted molar refractivity (Wildman–Crippen MR) is 167 cm³/mol. The second-order valence-electron chi connectivity index (χ2n) is 10.0. The van der Waals surface area contributed by atoms with Gasteiger partial charge in [-0.25, -0.2) is 8.42 Å². The summed E-state index contributed by atoms with van der Waals surface area (Å²) in [7, 11) is 0.445. The molecule has 1 atom stereocenters. The van der Waals surface area contributed by atoms with Crippen molar-refractivity contribution in [3.05, 3.63) is 83.9 Å². The number of carbonyl (C=O) groups excluding carboxylic acids is 2. The largest absolute Gasteiger partial charge is 0.497 e. The molecular formula is C32H41N3O7S. The molecule has 11 heteroatoms. The van der Waals surface area contributed by atoms with Gasteiger partial charge in [0, 0.05) is 25.6 Å². The number of amides is 2. The van der Waals surface area contributed by atoms with Crippen LogP contribution >= 0.6 is 0 Å². The van der Waals surface area contributed by atoms with Gasteiger partial charge in [0.2, 0.25) is 21.8 Å². The van der Waals surface area contributed by atoms with Crippen LogP contribution in [0.3, 0.4) is 0 Å². The number of anilines is 1. The number of nitrogens with zero attached hydrogens (tertiary/aromatic N) is 2. The van der Waals surface area contributed by atoms with E-state index in [-0.39, 0.29) is 30.3 Å². The molecule has 0 aliphatic rings. The highest BCUT2D eigenvalue weighted by atomic mass is 32.2. The minimum absolute atomic E-state index is 0.0432. The van der Waals surface area contributed by atoms with Gasteiger partial charge in [0.15, 0.2) is 0 Å². The average molecular weight is 612 g/mol. The summed E-state index contributed by atoms with van der Waals surface area (Å²) < 4.78 is 43.4. The summed E-state index contributed by atoms with van der Waals surface area (Å²) in [4.78, 5) is 29.4. The number of hydrogen-bond donors (Lipinski definition) is 1. The van der Waals surface area contributed by atoms with E-state index in [9.17, 15) is 18.0 Å². The SMILES string of the molecule is CCCCNC(=O)C(Cc1ccccc1)N(Cc1cccc(OC)c1)C(=O)CN(c1cc(OC)ccc1OC)S(C)(=O)=O. The van der Waals surface area contributed by atoms with Crippen molar-refractivity contribution < 1.29 is 32.2 Å². The monoisotopic (exact) mass is 611 g/mol. The molecule has 0 spiro atoms. The predicted octanol–water partition coefficient (Wildman–Crippen LogP) is 4.03. The topological polar surface area (TPSA) is 114 Å². The number of hydrogen-bond acceptors (Lipinski definition) is 7. The Balaban J connectivity index is 2.10. The summed E-state index contributed by atoms with van der Waals surface area (Å²) in [6, 6.07) is 20.4. The van der Waals surface area contributed by atoms with Crippen LogP contribution in [0.5, 0.6) is 17.2 Å². The Morgan fingerprint density at radius 3 is 2.16 bits per heavy atom. The zero-order chi connectivity index (χ0) is 31.4. The van der Waals surface area contributed by atoms with E-state index < -0.39 is 28.5 Å². The van der Waals surface area contributed by atoms with Crippen molar-refractivity contribution in [2.24, 2.45) is 0 Å². The van der Waals surface area contributed by atoms with Crippen molar-refractivity contribution in [1.29, 1.82) is 0 Å². The van der Waals surface area contributed by atoms with Gasteiger partial charge in [-0.1, -0.05) is 55.8 Å². The van der Waals surface area contributed by atoms with Crippen molar-refractivity contribution >= 4 is 27.5 Å². The van der Waals surface area contributed by atoms with Gasteiger partial charge in [-0.15, -0.1) is 0 Å². The fraction of sp³-hybridized carbons (Fsp3) is 0.375. The number of nitrogens with one attached hydrogen (secondary N) is 1. The van der Waals surface area contributed by atoms with Crippen LogP contribution in [0, 0.1) is 0 Å². The zero-order valence-electron chi connectivity index (χ0n) is 25.4. The van der Waals surface area contributed by atoms with E-state index in [1.165, 1.54) is 25.2 Å². The summed E-state index contributed by atoms with van der Waals surface area (Å²) in [5.74, 6) is 0.345. The van der Waals surface area contributed by atoms with Crippen molar-refractivity contribution in [1.82, 2.24) is 10.2 Å². The Morgan fingerprint density at radius 2 is 1.53 bits per heavy atom. The number of unbranched alkanes of at least 4 members (excludes halogenated alkanes) is 1. The van der Waals surface area contributed by atoms with Crippen LogP contribution in [-0.2, 0) is 32.6 Å². The third-order valence-corrected chi connectivity index (χ3v) is 8.05. The van der Waals surface area contributed by atoms with Gasteiger partial charge in [-0.05, 0) is 41.8 Å². The van der Waals surface area contributed by atoms with Gasteiger partial charge < -0.3 is 24.4 Å². The third-order valence-electron chi connectivity index (χ3n) is 6.92. The zero-order valence-corrected chi connectivity index (χ0v) is 26.2. The maximum atomic E-state index is 14.3. The Hall–Kier alpha value is -4.25. The Labute approximate surface area is 254 Å². The second-order valence-corrected chi connectivity index (χ2v) is 11.9. The summed E-state index contributed by atoms with van der Waals surface area (Å²) in [6.45, 7) is 1.96. The smallest absolute Gasteiger partial charge is 0.244 e. The molecule has 1 unspecified atom stereocenters. The molecule has 232 valence electrons. The molecule has 0 bridgehead atoms. The van der Waals surface area contributed by atoms with Gasteiger partial charge in [0.05, 0.1) is 33.3 Å². The number of ether oxygens (including phenoxy) is 3. The molecule has 0 saturated heterocycles. The first-order valence-corrected chi connectivity index (χ1v) is 15.9. The van der Waals surface area contributed by atoms with Crippen LogP contribution in [0.4, 0.5) is 5.69 Å². The van der Waals surface area contributed by atoms with E-state index in [0.29, 0.717) is 18.0 Å². The standard InChI is InChI=1S/C32H41N3O7S/c1-6-7-18-33-32(37)29(20-24-12-9-8-10-13-24)34(22-25-14-11-15-26(19-25)40-2)31(36)23-35(43(5,38)39)28-21-27(41-3)16-17-30(28)42-4/h8-17,19,21,29H,6-7,18,20,22-23H2,1-5H3,(H,33,37). The van der Waals surface area contributed by atoms with Crippen LogP contribution < -0.4 is 23.8 Å². The molecule has 2 amide bonds. The van der Waals surface area contributed by atoms with E-state index in [1.54, 1.807) is 37.4 Å². The molecular weight excluding hydrogens is 570 g/mol. The first-order chi connectivity index (χ1) is 20.6. The lowest BCUT2D eigenvalue weighted by Gasteiger charge is -2.34. The summed E-state index contributed by atoms with van der Waals surface area (Å²) in [5.41, 5.74) is 1.72. The van der Waals surface area contributed by atoms with E-state index in [0.717, 1.165) is 34.5 Å². The molecule has 10 nitrogen and oxygen atoms in total. The van der Waals surface area contributed by atoms with Gasteiger partial charge in [0.1, 0.15) is 29.8 Å². The first kappa shape index (κ1) is 33.3. The van der Waals surface area contributed by atoms with Crippen LogP contribution in [0.2, 0.25) is 0 Å². The lowest BCUT2D eigenvalue weighted by Crippen LogP contribution is -2.53. The Kier molecular flexibility index (Phi) is 12.2. The summed E-state index contributed by atoms with van der Waals surface area (Å²) in [6.07, 6.45) is 2.92. The molecule has 0 saturated carbocycles. The Morgan fingerprint density at radius 1 is 0.860 bits per heavy atom. The maximum absolute atomic E-state index is 14.3. The highest BCUT2D eigenvalue weighted by Gasteiger charge is 2.34. The third kappa shape index (κ3) is 9.37. The van der Waals surface area contributed by atoms with E-state index >= 15 is 0 Å². The van der Waals surface area contributed by atoms with Crippen LogP contribution in [0.25, 0.3) is 0 Å². The van der Waals surface area contributed by atoms with E-state index in [4.69, 9.17) is 14.2 Å². The second kappa shape index (κ2) is 15.8. The lowest BCUT2D eigenvalue weighted by molar-refractivity contribution is -0.140. The molecule has 1 N–H and O–H groups in total. The summed E-state index contributed by atoms with van der Waals surface area (Å²) in [5, 5.41) is 2.97. The minimum atomic E-state index is -3.98. The van der Waals surface area contributed by atoms with Gasteiger partial charge in [0.25, 0.3) is 0 Å². The fourth-order valence-corrected chi connectivity index (χ4v) is 5.46. The van der Waals surface area contributed by atoms with Crippen LogP contribution in [0.1, 0.15) is 30.9 Å². The number of benzene rings is 3. The minimum Gasteiger partial charge on any atom is -0.497 e. The quantitative estimate of drug-likeness (QED) is 0.243. The molecule has 43 heavy (non-hydrogen) atoms. The van der Waals surface area contributed by atoms with Crippen molar-refractivity contribution in [3.63, 3.8) is 0 Å². The average Bonchev–Trinajstić information content (AvgIpc) is 3.01. The van der Waals surface area contributed by atoms with Gasteiger partial charge >= 0.3 is 0 Å². The fourth-order valence-electron chi connectivity index (χ4n) is 4.61. The lowest BCUT2D eigenvalue weighted by atomic mass is 10.0. The number of carbonyl (C=O) groups is 2. The molecule has 0 aliphatic carbocycles. The van der Waals surface area contributed by atoms with Crippen LogP contribution in [-0.4, -0.2) is 71.8 Å². The van der Waals surface area contributed by atoms with Crippen molar-refractivity contribution in [2.75, 3.05) is 45.0 Å². The number of methoxy groups -OCH3 is 3. The Bertz CT molecular complexity index is 1460. The highest BCUT2D eigenvalue weighted by molar-refractivity contribution is 7.92. The van der Waals surface area contributed by atoms with Gasteiger partial charge in [-0.3, -0.25) is 13.9 Å². The van der Waals surface area contributed by atoms with E-state index in [2.05, 4.69) is 5.32 Å².